The van der Waals surface area contributed by atoms with E-state index in [9.17, 15) is 14.7 Å². The lowest BCUT2D eigenvalue weighted by molar-refractivity contribution is -0.125. The first-order chi connectivity index (χ1) is 7.90. The van der Waals surface area contributed by atoms with Crippen molar-refractivity contribution in [3.63, 3.8) is 0 Å². The molecule has 0 aliphatic rings. The maximum atomic E-state index is 11.3. The number of primary amides is 1. The molecule has 0 saturated heterocycles. The molecular weight excluding hydrogens is 224 g/mol. The van der Waals surface area contributed by atoms with Gasteiger partial charge in [-0.2, -0.15) is 0 Å². The van der Waals surface area contributed by atoms with Gasteiger partial charge in [-0.05, 0) is 0 Å². The molecule has 1 amide bonds. The number of nitrogens with zero attached hydrogens (tertiary/aromatic N) is 1. The molecule has 1 aromatic heterocycles. The summed E-state index contributed by atoms with van der Waals surface area (Å²) in [6, 6.07) is 1.25. The van der Waals surface area contributed by atoms with E-state index in [-0.39, 0.29) is 18.0 Å². The SMILES string of the molecule is CC(C)c1nc(NCC(O)C(N)=O)cc(=O)[nH]1. The topological polar surface area (TPSA) is 121 Å². The van der Waals surface area contributed by atoms with E-state index in [4.69, 9.17) is 5.73 Å². The summed E-state index contributed by atoms with van der Waals surface area (Å²) in [5, 5.41) is 11.9. The van der Waals surface area contributed by atoms with E-state index in [2.05, 4.69) is 15.3 Å². The summed E-state index contributed by atoms with van der Waals surface area (Å²) in [6.45, 7) is 3.70. The second kappa shape index (κ2) is 5.44. The van der Waals surface area contributed by atoms with Crippen LogP contribution in [-0.4, -0.2) is 33.6 Å². The number of carbonyl (C=O) groups excluding carboxylic acids is 1. The lowest BCUT2D eigenvalue weighted by Crippen LogP contribution is -2.34. The highest BCUT2D eigenvalue weighted by Gasteiger charge is 2.11. The zero-order chi connectivity index (χ0) is 13.0. The second-order valence-electron chi connectivity index (χ2n) is 3.97. The smallest absolute Gasteiger partial charge is 0.252 e. The Morgan fingerprint density at radius 1 is 1.65 bits per heavy atom. The van der Waals surface area contributed by atoms with Gasteiger partial charge in [0.2, 0.25) is 5.91 Å². The van der Waals surface area contributed by atoms with Gasteiger partial charge in [0.15, 0.2) is 0 Å². The normalized spacial score (nSPS) is 12.5. The molecule has 0 fully saturated rings. The molecule has 7 heteroatoms. The summed E-state index contributed by atoms with van der Waals surface area (Å²) in [5.41, 5.74) is 4.60. The van der Waals surface area contributed by atoms with E-state index in [1.54, 1.807) is 0 Å². The van der Waals surface area contributed by atoms with Crippen LogP contribution < -0.4 is 16.6 Å². The fourth-order valence-corrected chi connectivity index (χ4v) is 1.14. The Balaban J connectivity index is 2.78. The summed E-state index contributed by atoms with van der Waals surface area (Å²) >= 11 is 0. The molecule has 7 nitrogen and oxygen atoms in total. The van der Waals surface area contributed by atoms with Gasteiger partial charge in [0.25, 0.3) is 5.56 Å². The number of hydrogen-bond acceptors (Lipinski definition) is 5. The van der Waals surface area contributed by atoms with Gasteiger partial charge in [-0.15, -0.1) is 0 Å². The predicted molar refractivity (Wildman–Crippen MR) is 62.6 cm³/mol. The first kappa shape index (κ1) is 13.2. The van der Waals surface area contributed by atoms with E-state index in [0.29, 0.717) is 11.6 Å². The molecule has 0 saturated carbocycles. The van der Waals surface area contributed by atoms with Gasteiger partial charge in [0.1, 0.15) is 17.7 Å². The van der Waals surface area contributed by atoms with Crippen molar-refractivity contribution in [1.29, 1.82) is 0 Å². The average molecular weight is 240 g/mol. The summed E-state index contributed by atoms with van der Waals surface area (Å²) in [5.74, 6) is 0.0863. The third-order valence-electron chi connectivity index (χ3n) is 2.11. The monoisotopic (exact) mass is 240 g/mol. The molecule has 1 aromatic rings. The Morgan fingerprint density at radius 3 is 2.82 bits per heavy atom. The number of aliphatic hydroxyl groups is 1. The van der Waals surface area contributed by atoms with Crippen molar-refractivity contribution >= 4 is 11.7 Å². The van der Waals surface area contributed by atoms with Crippen molar-refractivity contribution in [2.24, 2.45) is 5.73 Å². The van der Waals surface area contributed by atoms with Gasteiger partial charge in [-0.3, -0.25) is 9.59 Å². The molecule has 1 rings (SSSR count). The average Bonchev–Trinajstić information content (AvgIpc) is 2.24. The van der Waals surface area contributed by atoms with Crippen molar-refractivity contribution in [3.05, 3.63) is 22.2 Å². The quantitative estimate of drug-likeness (QED) is 0.534. The van der Waals surface area contributed by atoms with Crippen molar-refractivity contribution in [2.45, 2.75) is 25.9 Å². The van der Waals surface area contributed by atoms with Gasteiger partial charge >= 0.3 is 0 Å². The number of aliphatic hydroxyl groups excluding tert-OH is 1. The Hall–Kier alpha value is -1.89. The second-order valence-corrected chi connectivity index (χ2v) is 3.97. The molecule has 5 N–H and O–H groups in total. The van der Waals surface area contributed by atoms with Gasteiger partial charge in [-0.1, -0.05) is 13.8 Å². The first-order valence-electron chi connectivity index (χ1n) is 5.22. The van der Waals surface area contributed by atoms with Crippen LogP contribution in [-0.2, 0) is 4.79 Å². The zero-order valence-corrected chi connectivity index (χ0v) is 9.73. The lowest BCUT2D eigenvalue weighted by Gasteiger charge is -2.10. The molecular formula is C10H16N4O3. The van der Waals surface area contributed by atoms with Crippen molar-refractivity contribution in [3.8, 4) is 0 Å². The van der Waals surface area contributed by atoms with E-state index in [1.807, 2.05) is 13.8 Å². The highest BCUT2D eigenvalue weighted by atomic mass is 16.3. The highest BCUT2D eigenvalue weighted by Crippen LogP contribution is 2.08. The summed E-state index contributed by atoms with van der Waals surface area (Å²) in [4.78, 5) is 28.6. The van der Waals surface area contributed by atoms with E-state index >= 15 is 0 Å². The van der Waals surface area contributed by atoms with Crippen LogP contribution in [0.15, 0.2) is 10.9 Å². The number of rotatable bonds is 5. The number of nitrogens with two attached hydrogens (primary N) is 1. The number of hydrogen-bond donors (Lipinski definition) is 4. The maximum absolute atomic E-state index is 11.3. The molecule has 0 spiro atoms. The van der Waals surface area contributed by atoms with Crippen LogP contribution in [0.3, 0.4) is 0 Å². The largest absolute Gasteiger partial charge is 0.381 e. The van der Waals surface area contributed by atoms with Crippen LogP contribution in [0.25, 0.3) is 0 Å². The fourth-order valence-electron chi connectivity index (χ4n) is 1.14. The standard InChI is InChI=1S/C10H16N4O3/c1-5(2)10-13-7(3-8(16)14-10)12-4-6(15)9(11)17/h3,5-6,15H,4H2,1-2H3,(H2,11,17)(H2,12,13,14,16). The number of aromatic amines is 1. The molecule has 17 heavy (non-hydrogen) atoms. The van der Waals surface area contributed by atoms with E-state index in [0.717, 1.165) is 0 Å². The minimum Gasteiger partial charge on any atom is -0.381 e. The molecule has 0 bridgehead atoms. The fraction of sp³-hybridized carbons (Fsp3) is 0.500. The molecule has 1 unspecified atom stereocenters. The molecule has 0 aromatic carbocycles. The van der Waals surface area contributed by atoms with Crippen molar-refractivity contribution in [1.82, 2.24) is 9.97 Å². The highest BCUT2D eigenvalue weighted by molar-refractivity contribution is 5.79. The van der Waals surface area contributed by atoms with Crippen LogP contribution in [0, 0.1) is 0 Å². The van der Waals surface area contributed by atoms with E-state index in [1.165, 1.54) is 6.07 Å². The van der Waals surface area contributed by atoms with Crippen LogP contribution >= 0.6 is 0 Å². The van der Waals surface area contributed by atoms with E-state index < -0.39 is 12.0 Å². The van der Waals surface area contributed by atoms with Crippen LogP contribution in [0.5, 0.6) is 0 Å². The van der Waals surface area contributed by atoms with Gasteiger partial charge in [-0.25, -0.2) is 4.98 Å². The Morgan fingerprint density at radius 2 is 2.29 bits per heavy atom. The van der Waals surface area contributed by atoms with Crippen LogP contribution in [0.2, 0.25) is 0 Å². The Labute approximate surface area is 98.1 Å². The van der Waals surface area contributed by atoms with Gasteiger partial charge < -0.3 is 21.1 Å². The number of amides is 1. The number of anilines is 1. The third kappa shape index (κ3) is 3.87. The van der Waals surface area contributed by atoms with Gasteiger partial charge in [0.05, 0.1) is 6.54 Å². The summed E-state index contributed by atoms with van der Waals surface area (Å²) in [7, 11) is 0. The molecule has 0 radical (unpaired) electrons. The third-order valence-corrected chi connectivity index (χ3v) is 2.11. The number of carbonyl (C=O) groups is 1. The molecule has 0 aliphatic carbocycles. The zero-order valence-electron chi connectivity index (χ0n) is 9.73. The van der Waals surface area contributed by atoms with Gasteiger partial charge in [0, 0.05) is 12.0 Å². The van der Waals surface area contributed by atoms with Crippen LogP contribution in [0.1, 0.15) is 25.6 Å². The van der Waals surface area contributed by atoms with Crippen molar-refractivity contribution < 1.29 is 9.90 Å². The summed E-state index contributed by atoms with van der Waals surface area (Å²) < 4.78 is 0. The molecule has 0 aliphatic heterocycles. The Kier molecular flexibility index (Phi) is 4.22. The molecule has 94 valence electrons. The minimum absolute atomic E-state index is 0.0745. The minimum atomic E-state index is -1.31. The van der Waals surface area contributed by atoms with Crippen molar-refractivity contribution in [2.75, 3.05) is 11.9 Å². The maximum Gasteiger partial charge on any atom is 0.252 e. The van der Waals surface area contributed by atoms with Crippen LogP contribution in [0.4, 0.5) is 5.82 Å². The Bertz CT molecular complexity index is 455. The number of H-pyrrole nitrogens is 1. The first-order valence-corrected chi connectivity index (χ1v) is 5.22. The lowest BCUT2D eigenvalue weighted by atomic mass is 10.2. The number of nitrogens with one attached hydrogen (secondary N) is 2. The summed E-state index contributed by atoms with van der Waals surface area (Å²) in [6.07, 6.45) is -1.31. The molecule has 1 atom stereocenters. The number of aromatic nitrogens is 2. The molecule has 1 heterocycles. The predicted octanol–water partition coefficient (Wildman–Crippen LogP) is -0.849.